The molecule has 1 rings (SSSR count). The van der Waals surface area contributed by atoms with Gasteiger partial charge in [-0.3, -0.25) is 9.59 Å². The lowest BCUT2D eigenvalue weighted by Gasteiger charge is -2.27. The van der Waals surface area contributed by atoms with Gasteiger partial charge in [0.05, 0.1) is 12.2 Å². The molecule has 0 aliphatic rings. The third-order valence-electron chi connectivity index (χ3n) is 4.07. The third kappa shape index (κ3) is 3.96. The van der Waals surface area contributed by atoms with Gasteiger partial charge in [-0.15, -0.1) is 0 Å². The van der Waals surface area contributed by atoms with Crippen molar-refractivity contribution in [2.75, 3.05) is 6.61 Å². The van der Waals surface area contributed by atoms with Gasteiger partial charge < -0.3 is 9.47 Å². The minimum atomic E-state index is -2.31. The lowest BCUT2D eigenvalue weighted by atomic mass is 9.82. The van der Waals surface area contributed by atoms with Gasteiger partial charge in [-0.1, -0.05) is 20.8 Å². The van der Waals surface area contributed by atoms with Gasteiger partial charge in [-0.05, 0) is 19.3 Å². The van der Waals surface area contributed by atoms with Crippen molar-refractivity contribution in [3.05, 3.63) is 34.6 Å². The number of esters is 2. The highest BCUT2D eigenvalue weighted by molar-refractivity contribution is 5.99. The second kappa shape index (κ2) is 8.95. The van der Waals surface area contributed by atoms with Crippen molar-refractivity contribution in [1.29, 1.82) is 0 Å². The number of hydrogen-bond donors (Lipinski definition) is 0. The van der Waals surface area contributed by atoms with E-state index in [2.05, 4.69) is 0 Å². The summed E-state index contributed by atoms with van der Waals surface area (Å²) >= 11 is 0. The first kappa shape index (κ1) is 21.9. The predicted octanol–water partition coefficient (Wildman–Crippen LogP) is 4.18. The molecule has 0 saturated carbocycles. The molecule has 146 valence electrons. The molecule has 26 heavy (non-hydrogen) atoms. The highest BCUT2D eigenvalue weighted by atomic mass is 19.2. The minimum absolute atomic E-state index is 0.0258. The van der Waals surface area contributed by atoms with E-state index in [1.807, 2.05) is 0 Å². The summed E-state index contributed by atoms with van der Waals surface area (Å²) in [6, 6.07) is 0. The van der Waals surface area contributed by atoms with Crippen LogP contribution in [-0.2, 0) is 25.7 Å². The Bertz CT molecular complexity index is 657. The second-order valence-electron chi connectivity index (χ2n) is 5.55. The molecule has 0 bridgehead atoms. The van der Waals surface area contributed by atoms with Crippen LogP contribution in [0, 0.1) is 34.5 Å². The Balaban J connectivity index is 3.08. The molecule has 0 aliphatic heterocycles. The van der Waals surface area contributed by atoms with Gasteiger partial charge in [0.15, 0.2) is 28.7 Å². The lowest BCUT2D eigenvalue weighted by molar-refractivity contribution is -0.174. The molecule has 0 N–H and O–H groups in total. The number of halogens is 5. The molecule has 0 amide bonds. The number of carbonyl (C=O) groups is 2. The molecule has 0 heterocycles. The van der Waals surface area contributed by atoms with Crippen LogP contribution in [0.15, 0.2) is 0 Å². The molecular formula is C17H19F5O4. The summed E-state index contributed by atoms with van der Waals surface area (Å²) in [6.07, 6.45) is 0.457. The van der Waals surface area contributed by atoms with Gasteiger partial charge in [0, 0.05) is 0 Å². The van der Waals surface area contributed by atoms with E-state index in [9.17, 15) is 31.5 Å². The van der Waals surface area contributed by atoms with Crippen molar-refractivity contribution in [2.24, 2.45) is 5.41 Å². The maximum Gasteiger partial charge on any atom is 0.323 e. The van der Waals surface area contributed by atoms with Crippen LogP contribution >= 0.6 is 0 Å². The van der Waals surface area contributed by atoms with E-state index in [1.54, 1.807) is 6.92 Å². The smallest absolute Gasteiger partial charge is 0.323 e. The summed E-state index contributed by atoms with van der Waals surface area (Å²) in [5, 5.41) is 0. The van der Waals surface area contributed by atoms with Crippen molar-refractivity contribution in [1.82, 2.24) is 0 Å². The van der Waals surface area contributed by atoms with Gasteiger partial charge in [-0.25, -0.2) is 22.0 Å². The fourth-order valence-corrected chi connectivity index (χ4v) is 2.30. The summed E-state index contributed by atoms with van der Waals surface area (Å²) in [7, 11) is 0. The second-order valence-corrected chi connectivity index (χ2v) is 5.55. The standard InChI is InChI=1S/C17H19F5O4/c1-4-7-25-15(23)17(5-2,6-3)16(24)26-8-9-10(18)12(20)14(22)13(21)11(9)19/h4-8H2,1-3H3. The zero-order valence-corrected chi connectivity index (χ0v) is 14.6. The number of benzene rings is 1. The van der Waals surface area contributed by atoms with E-state index < -0.39 is 58.6 Å². The molecule has 1 aromatic rings. The molecule has 0 saturated heterocycles. The first-order valence-corrected chi connectivity index (χ1v) is 8.02. The highest BCUT2D eigenvalue weighted by Crippen LogP contribution is 2.31. The number of hydrogen-bond acceptors (Lipinski definition) is 4. The average molecular weight is 382 g/mol. The Morgan fingerprint density at radius 3 is 1.62 bits per heavy atom. The molecule has 1 aromatic carbocycles. The van der Waals surface area contributed by atoms with Crippen molar-refractivity contribution in [3.8, 4) is 0 Å². The molecule has 4 nitrogen and oxygen atoms in total. The molecule has 0 fully saturated rings. The summed E-state index contributed by atoms with van der Waals surface area (Å²) < 4.78 is 76.3. The van der Waals surface area contributed by atoms with Crippen molar-refractivity contribution in [3.63, 3.8) is 0 Å². The third-order valence-corrected chi connectivity index (χ3v) is 4.07. The van der Waals surface area contributed by atoms with Gasteiger partial charge in [-0.2, -0.15) is 0 Å². The summed E-state index contributed by atoms with van der Waals surface area (Å²) in [5.74, 6) is -12.8. The van der Waals surface area contributed by atoms with Gasteiger partial charge in [0.2, 0.25) is 5.82 Å². The van der Waals surface area contributed by atoms with E-state index in [0.29, 0.717) is 6.42 Å². The molecule has 0 aromatic heterocycles. The monoisotopic (exact) mass is 382 g/mol. The SMILES string of the molecule is CCCOC(=O)C(CC)(CC)C(=O)OCc1c(F)c(F)c(F)c(F)c1F. The maximum absolute atomic E-state index is 13.6. The molecular weight excluding hydrogens is 363 g/mol. The van der Waals surface area contributed by atoms with Crippen molar-refractivity contribution < 1.29 is 41.0 Å². The van der Waals surface area contributed by atoms with Crippen LogP contribution in [0.25, 0.3) is 0 Å². The fourth-order valence-electron chi connectivity index (χ4n) is 2.30. The van der Waals surface area contributed by atoms with Crippen molar-refractivity contribution in [2.45, 2.75) is 46.6 Å². The Morgan fingerprint density at radius 2 is 1.19 bits per heavy atom. The van der Waals surface area contributed by atoms with Crippen LogP contribution in [0.2, 0.25) is 0 Å². The van der Waals surface area contributed by atoms with Gasteiger partial charge in [0.1, 0.15) is 6.61 Å². The Labute approximate surface area is 147 Å². The quantitative estimate of drug-likeness (QED) is 0.223. The lowest BCUT2D eigenvalue weighted by Crippen LogP contribution is -2.41. The number of rotatable bonds is 8. The van der Waals surface area contributed by atoms with E-state index in [1.165, 1.54) is 13.8 Å². The summed E-state index contributed by atoms with van der Waals surface area (Å²) in [4.78, 5) is 24.5. The Morgan fingerprint density at radius 1 is 0.769 bits per heavy atom. The summed E-state index contributed by atoms with van der Waals surface area (Å²) in [5.41, 5.74) is -3.02. The first-order valence-electron chi connectivity index (χ1n) is 8.02. The molecule has 0 aliphatic carbocycles. The van der Waals surface area contributed by atoms with E-state index in [0.717, 1.165) is 0 Å². The summed E-state index contributed by atoms with van der Waals surface area (Å²) in [6.45, 7) is 3.61. The number of ether oxygens (including phenoxy) is 2. The van der Waals surface area contributed by atoms with Crippen LogP contribution in [0.5, 0.6) is 0 Å². The Kier molecular flexibility index (Phi) is 7.53. The zero-order chi connectivity index (χ0) is 20.1. The van der Waals surface area contributed by atoms with Crippen LogP contribution in [0.1, 0.15) is 45.6 Å². The molecule has 0 unspecified atom stereocenters. The van der Waals surface area contributed by atoms with Gasteiger partial charge >= 0.3 is 11.9 Å². The molecule has 0 spiro atoms. The average Bonchev–Trinajstić information content (AvgIpc) is 2.64. The minimum Gasteiger partial charge on any atom is -0.465 e. The van der Waals surface area contributed by atoms with E-state index in [-0.39, 0.29) is 19.4 Å². The molecule has 9 heteroatoms. The van der Waals surface area contributed by atoms with Crippen LogP contribution in [0.3, 0.4) is 0 Å². The van der Waals surface area contributed by atoms with Crippen LogP contribution in [0.4, 0.5) is 22.0 Å². The largest absolute Gasteiger partial charge is 0.465 e. The van der Waals surface area contributed by atoms with Crippen LogP contribution in [-0.4, -0.2) is 18.5 Å². The predicted molar refractivity (Wildman–Crippen MR) is 80.3 cm³/mol. The van der Waals surface area contributed by atoms with E-state index in [4.69, 9.17) is 9.47 Å². The van der Waals surface area contributed by atoms with Crippen LogP contribution < -0.4 is 0 Å². The fraction of sp³-hybridized carbons (Fsp3) is 0.529. The highest BCUT2D eigenvalue weighted by Gasteiger charge is 2.46. The van der Waals surface area contributed by atoms with Crippen molar-refractivity contribution >= 4 is 11.9 Å². The van der Waals surface area contributed by atoms with E-state index >= 15 is 0 Å². The Hall–Kier alpha value is -2.19. The normalized spacial score (nSPS) is 11.4. The van der Waals surface area contributed by atoms with Gasteiger partial charge in [0.25, 0.3) is 0 Å². The zero-order valence-electron chi connectivity index (χ0n) is 14.6. The topological polar surface area (TPSA) is 52.6 Å². The molecule has 0 atom stereocenters. The maximum atomic E-state index is 13.6. The first-order chi connectivity index (χ1) is 12.2. The number of carbonyl (C=O) groups excluding carboxylic acids is 2. The molecule has 0 radical (unpaired) electrons.